The Morgan fingerprint density at radius 2 is 1.93 bits per heavy atom. The minimum atomic E-state index is -1.39. The van der Waals surface area contributed by atoms with Gasteiger partial charge in [-0.15, -0.1) is 0 Å². The summed E-state index contributed by atoms with van der Waals surface area (Å²) in [5.74, 6) is -2.47. The maximum absolute atomic E-state index is 16.1. The van der Waals surface area contributed by atoms with E-state index in [4.69, 9.17) is 33.7 Å². The van der Waals surface area contributed by atoms with Gasteiger partial charge in [0.25, 0.3) is 0 Å². The van der Waals surface area contributed by atoms with Gasteiger partial charge in [-0.3, -0.25) is 24.2 Å². The van der Waals surface area contributed by atoms with Gasteiger partial charge >= 0.3 is 0 Å². The number of pyridine rings is 1. The highest BCUT2D eigenvalue weighted by Gasteiger charge is 2.71. The number of amides is 3. The average molecular weight is 627 g/mol. The lowest BCUT2D eigenvalue weighted by Crippen LogP contribution is -2.52. The first-order valence-electron chi connectivity index (χ1n) is 13.8. The number of nitrogens with one attached hydrogen (secondary N) is 1. The van der Waals surface area contributed by atoms with Crippen molar-refractivity contribution >= 4 is 52.4 Å². The van der Waals surface area contributed by atoms with Crippen LogP contribution in [0.25, 0.3) is 0 Å². The summed E-state index contributed by atoms with van der Waals surface area (Å²) in [6.45, 7) is 6.25. The number of fused-ring (bicyclic) bond motifs is 3. The van der Waals surface area contributed by atoms with Gasteiger partial charge < -0.3 is 15.8 Å². The first-order chi connectivity index (χ1) is 20.3. The van der Waals surface area contributed by atoms with E-state index in [1.54, 1.807) is 35.2 Å². The zero-order chi connectivity index (χ0) is 31.0. The Kier molecular flexibility index (Phi) is 6.95. The summed E-state index contributed by atoms with van der Waals surface area (Å²) in [5.41, 5.74) is 5.14. The molecule has 1 spiro atoms. The molecule has 0 radical (unpaired) electrons. The third-order valence-corrected chi connectivity index (χ3v) is 9.21. The van der Waals surface area contributed by atoms with Crippen LogP contribution in [0.3, 0.4) is 0 Å². The predicted octanol–water partition coefficient (Wildman–Crippen LogP) is 5.10. The number of carbonyl (C=O) groups is 3. The van der Waals surface area contributed by atoms with Crippen LogP contribution < -0.4 is 20.7 Å². The SMILES string of the molecule is COc1cc(C(N)=O)ccc1N1CN2[C@@H](CC(C)(C)C)[C@@]3(C(=O)Nc4nc(Cl)ccc43)[C@@H](c3cccc(Cl)c3F)[C@@H]2C1=O. The number of nitrogens with zero attached hydrogens (tertiary/aromatic N) is 3. The van der Waals surface area contributed by atoms with E-state index < -0.39 is 35.1 Å². The molecule has 3 amide bonds. The summed E-state index contributed by atoms with van der Waals surface area (Å²) in [6, 6.07) is 11.1. The summed E-state index contributed by atoms with van der Waals surface area (Å²) in [7, 11) is 1.44. The molecule has 12 heteroatoms. The Hall–Kier alpha value is -3.73. The molecule has 6 rings (SSSR count). The largest absolute Gasteiger partial charge is 0.495 e. The first-order valence-corrected chi connectivity index (χ1v) is 14.5. The van der Waals surface area contributed by atoms with Crippen molar-refractivity contribution in [1.29, 1.82) is 0 Å². The van der Waals surface area contributed by atoms with Crippen LogP contribution in [-0.2, 0) is 15.0 Å². The van der Waals surface area contributed by atoms with Crippen LogP contribution in [0.1, 0.15) is 54.6 Å². The molecule has 1 aromatic heterocycles. The van der Waals surface area contributed by atoms with Crippen molar-refractivity contribution in [3.05, 3.63) is 81.2 Å². The summed E-state index contributed by atoms with van der Waals surface area (Å²) < 4.78 is 21.6. The zero-order valence-electron chi connectivity index (χ0n) is 24.0. The number of aromatic nitrogens is 1. The fourth-order valence-corrected chi connectivity index (χ4v) is 7.42. The Morgan fingerprint density at radius 1 is 1.19 bits per heavy atom. The smallest absolute Gasteiger partial charge is 0.248 e. The number of benzene rings is 2. The highest BCUT2D eigenvalue weighted by atomic mass is 35.5. The second kappa shape index (κ2) is 10.2. The van der Waals surface area contributed by atoms with Crippen LogP contribution in [-0.4, -0.2) is 53.5 Å². The van der Waals surface area contributed by atoms with Gasteiger partial charge in [-0.25, -0.2) is 9.37 Å². The Morgan fingerprint density at radius 3 is 2.60 bits per heavy atom. The lowest BCUT2D eigenvalue weighted by Gasteiger charge is -2.40. The normalized spacial score (nSPS) is 24.8. The molecular weight excluding hydrogens is 596 g/mol. The van der Waals surface area contributed by atoms with E-state index in [0.29, 0.717) is 17.7 Å². The molecule has 3 aliphatic heterocycles. The number of anilines is 2. The van der Waals surface area contributed by atoms with Crippen molar-refractivity contribution < 1.29 is 23.5 Å². The van der Waals surface area contributed by atoms with Crippen molar-refractivity contribution in [3.63, 3.8) is 0 Å². The molecule has 0 saturated carbocycles. The van der Waals surface area contributed by atoms with Crippen LogP contribution in [0.15, 0.2) is 48.5 Å². The number of methoxy groups -OCH3 is 1. The highest BCUT2D eigenvalue weighted by molar-refractivity contribution is 6.31. The Bertz CT molecular complexity index is 1700. The van der Waals surface area contributed by atoms with Crippen LogP contribution in [0.5, 0.6) is 5.75 Å². The van der Waals surface area contributed by atoms with Gasteiger partial charge in [0.05, 0.1) is 30.5 Å². The fraction of sp³-hybridized carbons (Fsp3) is 0.355. The standard InChI is InChI=1S/C31H30Cl2FN5O4/c1-30(2,3)13-21-31(17-9-11-22(33)36-27(17)37-29(31)42)23(16-6-5-7-18(32)24(16)34)25-28(41)38(14-39(21)25)19-10-8-15(26(35)40)12-20(19)43-4/h5-12,21,23,25H,13-14H2,1-4H3,(H2,35,40)(H,36,37,42)/t21-,23-,25+,31+/m0/s1. The van der Waals surface area contributed by atoms with E-state index in [2.05, 4.69) is 31.1 Å². The number of hydrogen-bond acceptors (Lipinski definition) is 6. The summed E-state index contributed by atoms with van der Waals surface area (Å²) >= 11 is 12.5. The van der Waals surface area contributed by atoms with Crippen molar-refractivity contribution in [2.75, 3.05) is 24.0 Å². The van der Waals surface area contributed by atoms with Gasteiger partial charge in [0.1, 0.15) is 28.0 Å². The maximum Gasteiger partial charge on any atom is 0.248 e. The minimum Gasteiger partial charge on any atom is -0.495 e. The summed E-state index contributed by atoms with van der Waals surface area (Å²) in [6.07, 6.45) is 0.483. The molecule has 3 aliphatic rings. The van der Waals surface area contributed by atoms with E-state index in [1.165, 1.54) is 25.3 Å². The number of nitrogens with two attached hydrogens (primary N) is 1. The molecule has 0 bridgehead atoms. The zero-order valence-corrected chi connectivity index (χ0v) is 25.5. The average Bonchev–Trinajstić information content (AvgIpc) is 3.52. The van der Waals surface area contributed by atoms with Gasteiger partial charge in [-0.2, -0.15) is 0 Å². The van der Waals surface area contributed by atoms with Crippen molar-refractivity contribution in [3.8, 4) is 5.75 Å². The lowest BCUT2D eigenvalue weighted by molar-refractivity contribution is -0.122. The van der Waals surface area contributed by atoms with Gasteiger partial charge in [0.2, 0.25) is 17.7 Å². The molecule has 2 fully saturated rings. The quantitative estimate of drug-likeness (QED) is 0.381. The van der Waals surface area contributed by atoms with Gasteiger partial charge in [-0.1, -0.05) is 62.2 Å². The molecule has 43 heavy (non-hydrogen) atoms. The van der Waals surface area contributed by atoms with Crippen LogP contribution in [0.2, 0.25) is 10.2 Å². The molecule has 3 aromatic rings. The molecule has 0 unspecified atom stereocenters. The van der Waals surface area contributed by atoms with E-state index in [0.717, 1.165) is 0 Å². The van der Waals surface area contributed by atoms with Crippen LogP contribution in [0.4, 0.5) is 15.9 Å². The molecule has 3 N–H and O–H groups in total. The van der Waals surface area contributed by atoms with Gasteiger partial charge in [0, 0.05) is 23.1 Å². The number of carbonyl (C=O) groups excluding carboxylic acids is 3. The topological polar surface area (TPSA) is 118 Å². The van der Waals surface area contributed by atoms with Crippen molar-refractivity contribution in [2.24, 2.45) is 11.1 Å². The monoisotopic (exact) mass is 625 g/mol. The number of halogens is 3. The van der Waals surface area contributed by atoms with E-state index >= 15 is 4.39 Å². The highest BCUT2D eigenvalue weighted by Crippen LogP contribution is 2.61. The molecule has 2 aromatic carbocycles. The number of ether oxygens (including phenoxy) is 1. The van der Waals surface area contributed by atoms with Crippen LogP contribution >= 0.6 is 23.2 Å². The van der Waals surface area contributed by atoms with Gasteiger partial charge in [-0.05, 0) is 47.7 Å². The lowest BCUT2D eigenvalue weighted by atomic mass is 9.62. The second-order valence-electron chi connectivity index (χ2n) is 12.4. The minimum absolute atomic E-state index is 0.0839. The third kappa shape index (κ3) is 4.38. The van der Waals surface area contributed by atoms with Gasteiger partial charge in [0.15, 0.2) is 0 Å². The molecular formula is C31H30Cl2FN5O4. The molecule has 224 valence electrons. The van der Waals surface area contributed by atoms with E-state index in [9.17, 15) is 14.4 Å². The number of hydrogen-bond donors (Lipinski definition) is 2. The molecule has 0 aliphatic carbocycles. The van der Waals surface area contributed by atoms with E-state index in [-0.39, 0.29) is 56.8 Å². The van der Waals surface area contributed by atoms with Crippen molar-refractivity contribution in [2.45, 2.75) is 50.6 Å². The Labute approximate surface area is 258 Å². The predicted molar refractivity (Wildman–Crippen MR) is 161 cm³/mol. The second-order valence-corrected chi connectivity index (χ2v) is 13.2. The molecule has 4 heterocycles. The summed E-state index contributed by atoms with van der Waals surface area (Å²) in [4.78, 5) is 48.7. The molecule has 9 nitrogen and oxygen atoms in total. The summed E-state index contributed by atoms with van der Waals surface area (Å²) in [5, 5.41) is 2.98. The molecule has 2 saturated heterocycles. The Balaban J connectivity index is 1.60. The molecule has 4 atom stereocenters. The third-order valence-electron chi connectivity index (χ3n) is 8.71. The van der Waals surface area contributed by atoms with E-state index in [1.807, 2.05) is 4.90 Å². The maximum atomic E-state index is 16.1. The number of primary amides is 1. The number of rotatable bonds is 5. The van der Waals surface area contributed by atoms with Crippen LogP contribution in [0, 0.1) is 11.2 Å². The first kappa shape index (κ1) is 29.3. The van der Waals surface area contributed by atoms with Crippen molar-refractivity contribution in [1.82, 2.24) is 9.88 Å². The fourth-order valence-electron chi connectivity index (χ4n) is 7.09.